The van der Waals surface area contributed by atoms with Crippen molar-refractivity contribution in [1.82, 2.24) is 9.55 Å². The molecule has 6 heteroatoms. The largest absolute Gasteiger partial charge is 0.319 e. The van der Waals surface area contributed by atoms with E-state index in [0.29, 0.717) is 0 Å². The summed E-state index contributed by atoms with van der Waals surface area (Å²) in [7, 11) is 0. The van der Waals surface area contributed by atoms with Crippen molar-refractivity contribution in [1.29, 1.82) is 0 Å². The molecule has 5 nitrogen and oxygen atoms in total. The zero-order chi connectivity index (χ0) is 33.2. The Bertz CT molecular complexity index is 2320. The van der Waals surface area contributed by atoms with Gasteiger partial charge < -0.3 is 4.57 Å². The molecule has 0 bridgehead atoms. The van der Waals surface area contributed by atoms with Crippen molar-refractivity contribution < 1.29 is 26.0 Å². The molecule has 5 aromatic carbocycles. The van der Waals surface area contributed by atoms with Crippen LogP contribution in [-0.2, 0) is 26.5 Å². The predicted octanol–water partition coefficient (Wildman–Crippen LogP) is 10.6. The number of pyridine rings is 1. The van der Waals surface area contributed by atoms with Crippen LogP contribution >= 0.6 is 0 Å². The third kappa shape index (κ3) is 5.46. The Labute approximate surface area is 303 Å². The van der Waals surface area contributed by atoms with Crippen LogP contribution in [0, 0.1) is 26.0 Å². The first kappa shape index (κ1) is 32.8. The molecule has 49 heavy (non-hydrogen) atoms. The molecule has 0 amide bonds. The number of aryl methyl sites for hydroxylation is 2. The van der Waals surface area contributed by atoms with Crippen LogP contribution in [-0.4, -0.2) is 20.5 Å². The third-order valence-electron chi connectivity index (χ3n) is 9.71. The molecule has 0 saturated heterocycles. The number of hydroxylamine groups is 1. The van der Waals surface area contributed by atoms with E-state index in [4.69, 9.17) is 9.92 Å². The van der Waals surface area contributed by atoms with E-state index in [1.54, 1.807) is 0 Å². The van der Waals surface area contributed by atoms with E-state index in [1.165, 1.54) is 22.1 Å². The third-order valence-corrected chi connectivity index (χ3v) is 9.71. The van der Waals surface area contributed by atoms with Crippen LogP contribution in [0.5, 0.6) is 0 Å². The van der Waals surface area contributed by atoms with Crippen LogP contribution in [0.15, 0.2) is 115 Å². The van der Waals surface area contributed by atoms with Crippen molar-refractivity contribution in [3.05, 3.63) is 150 Å². The molecular weight excluding hydrogens is 784 g/mol. The molecule has 0 saturated carbocycles. The fraction of sp³-hybridized carbons (Fsp3) is 0.186. The SMILES string of the molecule is Cc1cccc(C)c1-c1ccnc(-n2c3[c-]c(C(C)(C)c4[c-]c(N5[OH+]N(C(C)C)c6ccccc65)ccc4)ccc3c3ccccc32)c1.[Pt]. The van der Waals surface area contributed by atoms with Gasteiger partial charge in [-0.15, -0.1) is 27.6 Å². The van der Waals surface area contributed by atoms with Gasteiger partial charge in [-0.05, 0) is 91.1 Å². The molecule has 0 radical (unpaired) electrons. The van der Waals surface area contributed by atoms with Gasteiger partial charge in [-0.2, -0.15) is 46.4 Å². The maximum Gasteiger partial charge on any atom is 0.145 e. The van der Waals surface area contributed by atoms with Crippen LogP contribution in [0.1, 0.15) is 49.9 Å². The zero-order valence-electron chi connectivity index (χ0n) is 28.6. The summed E-state index contributed by atoms with van der Waals surface area (Å²) in [5.74, 6) is 0.880. The Morgan fingerprint density at radius 1 is 0.714 bits per heavy atom. The summed E-state index contributed by atoms with van der Waals surface area (Å²) in [5, 5.41) is 6.42. The average molecular weight is 823 g/mol. The molecule has 1 aliphatic heterocycles. The Morgan fingerprint density at radius 3 is 2.18 bits per heavy atom. The van der Waals surface area contributed by atoms with E-state index in [0.717, 1.165) is 56.0 Å². The molecule has 0 unspecified atom stereocenters. The first-order valence-corrected chi connectivity index (χ1v) is 16.6. The monoisotopic (exact) mass is 822 g/mol. The van der Waals surface area contributed by atoms with E-state index in [1.807, 2.05) is 11.3 Å². The number of benzene rings is 5. The molecule has 0 aliphatic carbocycles. The van der Waals surface area contributed by atoms with Gasteiger partial charge in [0.2, 0.25) is 0 Å². The number of fused-ring (bicyclic) bond motifs is 4. The molecule has 1 N–H and O–H groups in total. The average Bonchev–Trinajstić information content (AvgIpc) is 3.65. The van der Waals surface area contributed by atoms with Crippen LogP contribution < -0.4 is 10.1 Å². The zero-order valence-corrected chi connectivity index (χ0v) is 30.9. The number of rotatable bonds is 6. The molecule has 8 rings (SSSR count). The van der Waals surface area contributed by atoms with E-state index >= 15 is 0 Å². The molecule has 248 valence electrons. The van der Waals surface area contributed by atoms with E-state index < -0.39 is 5.41 Å². The second kappa shape index (κ2) is 12.6. The summed E-state index contributed by atoms with van der Waals surface area (Å²) in [5.41, 5.74) is 11.9. The number of aromatic nitrogens is 2. The Morgan fingerprint density at radius 2 is 1.41 bits per heavy atom. The topological polar surface area (TPSA) is 37.1 Å². The fourth-order valence-corrected chi connectivity index (χ4v) is 7.14. The minimum atomic E-state index is -0.393. The van der Waals surface area contributed by atoms with Crippen LogP contribution in [0.2, 0.25) is 0 Å². The Balaban J connectivity index is 0.00000378. The van der Waals surface area contributed by atoms with Gasteiger partial charge in [-0.1, -0.05) is 67.9 Å². The van der Waals surface area contributed by atoms with Gasteiger partial charge in [-0.3, -0.25) is 0 Å². The molecule has 7 aromatic rings. The number of hydrogen-bond donors (Lipinski definition) is 0. The van der Waals surface area contributed by atoms with Gasteiger partial charge in [0.05, 0.1) is 6.04 Å². The van der Waals surface area contributed by atoms with Gasteiger partial charge in [0.25, 0.3) is 0 Å². The number of para-hydroxylation sites is 3. The van der Waals surface area contributed by atoms with Crippen molar-refractivity contribution in [2.75, 3.05) is 10.1 Å². The summed E-state index contributed by atoms with van der Waals surface area (Å²) >= 11 is 0. The quantitative estimate of drug-likeness (QED) is 0.124. The fourth-order valence-electron chi connectivity index (χ4n) is 7.14. The van der Waals surface area contributed by atoms with Crippen molar-refractivity contribution in [3.8, 4) is 16.9 Å². The van der Waals surface area contributed by atoms with Crippen LogP contribution in [0.25, 0.3) is 38.8 Å². The van der Waals surface area contributed by atoms with Gasteiger partial charge in [0, 0.05) is 38.5 Å². The van der Waals surface area contributed by atoms with E-state index in [9.17, 15) is 0 Å². The van der Waals surface area contributed by atoms with Crippen molar-refractivity contribution >= 4 is 38.9 Å². The van der Waals surface area contributed by atoms with E-state index in [-0.39, 0.29) is 27.1 Å². The normalized spacial score (nSPS) is 13.0. The Hall–Kier alpha value is -4.70. The maximum absolute atomic E-state index is 4.99. The minimum Gasteiger partial charge on any atom is -0.319 e. The van der Waals surface area contributed by atoms with Crippen LogP contribution in [0.4, 0.5) is 17.1 Å². The minimum absolute atomic E-state index is 0. The Kier molecular flexibility index (Phi) is 8.47. The smallest absolute Gasteiger partial charge is 0.145 e. The summed E-state index contributed by atoms with van der Waals surface area (Å²) < 4.78 is 2.27. The summed E-state index contributed by atoms with van der Waals surface area (Å²) in [4.78, 5) is 9.92. The van der Waals surface area contributed by atoms with Gasteiger partial charge >= 0.3 is 0 Å². The number of hydrogen-bond acceptors (Lipinski definition) is 3. The van der Waals surface area contributed by atoms with Gasteiger partial charge in [-0.25, -0.2) is 4.98 Å². The summed E-state index contributed by atoms with van der Waals surface area (Å²) in [6, 6.07) is 46.4. The maximum atomic E-state index is 4.99. The van der Waals surface area contributed by atoms with Crippen molar-refractivity contribution in [2.45, 2.75) is 53.0 Å². The molecule has 0 spiro atoms. The molecular formula is C43H39N4OPt-. The second-order valence-electron chi connectivity index (χ2n) is 13.6. The van der Waals surface area contributed by atoms with Crippen LogP contribution in [0.3, 0.4) is 0 Å². The molecule has 1 aliphatic rings. The van der Waals surface area contributed by atoms with E-state index in [2.05, 4.69) is 173 Å². The van der Waals surface area contributed by atoms with Crippen molar-refractivity contribution in [3.63, 3.8) is 0 Å². The summed E-state index contributed by atoms with van der Waals surface area (Å²) in [6.45, 7) is 13.2. The molecule has 0 atom stereocenters. The number of nitrogens with zero attached hydrogens (tertiary/aromatic N) is 4. The second-order valence-corrected chi connectivity index (χ2v) is 13.6. The molecule has 2 aromatic heterocycles. The van der Waals surface area contributed by atoms with Gasteiger partial charge in [0.15, 0.2) is 0 Å². The first-order valence-electron chi connectivity index (χ1n) is 16.6. The van der Waals surface area contributed by atoms with Gasteiger partial charge in [0.1, 0.15) is 17.2 Å². The number of anilines is 3. The standard InChI is InChI=1S/C43H38N4O.Pt/c1-28(2)46-38-19-9-10-20-39(38)47(48-46)34-16-12-15-32(26-34)43(5,6)33-21-22-36-35-17-7-8-18-37(35)45(40(36)27-33)41-25-31(23-24-44-41)42-29(3)13-11-14-30(42)4;/h7-25,28H,1-6H3;/q-2;/p+1. The summed E-state index contributed by atoms with van der Waals surface area (Å²) in [6.07, 6.45) is 1.92. The first-order chi connectivity index (χ1) is 23.2. The predicted molar refractivity (Wildman–Crippen MR) is 198 cm³/mol. The molecule has 0 fully saturated rings. The van der Waals surface area contributed by atoms with Crippen molar-refractivity contribution in [2.24, 2.45) is 0 Å². The molecule has 3 heterocycles.